The molecule has 3 saturated carbocycles. The van der Waals surface area contributed by atoms with Gasteiger partial charge in [0.15, 0.2) is 0 Å². The first-order chi connectivity index (χ1) is 26.8. The van der Waals surface area contributed by atoms with Crippen LogP contribution in [0.5, 0.6) is 0 Å². The number of amides is 1. The Morgan fingerprint density at radius 2 is 1.82 bits per heavy atom. The molecule has 1 aliphatic heterocycles. The first kappa shape index (κ1) is 40.5. The Balaban J connectivity index is 0.958. The average molecular weight is 803 g/mol. The summed E-state index contributed by atoms with van der Waals surface area (Å²) in [5, 5.41) is 24.1. The molecule has 2 N–H and O–H groups in total. The van der Waals surface area contributed by atoms with Gasteiger partial charge in [-0.05, 0) is 79.3 Å². The SMILES string of the molecule is C=C[C@]1(C)C[C@@H](OC(=O)CSc2ccccc2NC(=O)Cn2cc(CN3CCN(c4ccc(Cl)cc4)CC3)nn2)[C@]2(C)[C@H](C)CC[C@]3(CCC(=O)[C@H]32)[C@@H](C)[C@@H]1O. The number of thioether (sulfide) groups is 1. The fraction of sp³-hybridized carbons (Fsp3) is 0.558. The van der Waals surface area contributed by atoms with Crippen LogP contribution < -0.4 is 10.2 Å². The number of Topliss-reactive ketones (excluding diaryl/α,β-unsaturated/α-hetero) is 1. The molecule has 13 heteroatoms. The van der Waals surface area contributed by atoms with Crippen LogP contribution in [0.4, 0.5) is 11.4 Å². The third kappa shape index (κ3) is 7.78. The zero-order valence-electron chi connectivity index (χ0n) is 33.0. The van der Waals surface area contributed by atoms with Crippen LogP contribution in [-0.4, -0.2) is 86.8 Å². The minimum Gasteiger partial charge on any atom is -0.461 e. The summed E-state index contributed by atoms with van der Waals surface area (Å²) in [6.07, 6.45) is 5.76. The van der Waals surface area contributed by atoms with Crippen LogP contribution in [0.25, 0.3) is 0 Å². The van der Waals surface area contributed by atoms with E-state index < -0.39 is 29.0 Å². The number of aliphatic hydroxyl groups is 1. The Morgan fingerprint density at radius 3 is 2.55 bits per heavy atom. The van der Waals surface area contributed by atoms with Gasteiger partial charge in [0.2, 0.25) is 5.91 Å². The van der Waals surface area contributed by atoms with Gasteiger partial charge in [-0.25, -0.2) is 4.68 Å². The topological polar surface area (TPSA) is 130 Å². The van der Waals surface area contributed by atoms with Gasteiger partial charge < -0.3 is 20.1 Å². The van der Waals surface area contributed by atoms with Crippen LogP contribution >= 0.6 is 23.4 Å². The molecule has 2 heterocycles. The number of hydrogen-bond acceptors (Lipinski definition) is 10. The lowest BCUT2D eigenvalue weighted by molar-refractivity contribution is -0.205. The third-order valence-corrected chi connectivity index (χ3v) is 15.2. The second-order valence-electron chi connectivity index (χ2n) is 17.0. The summed E-state index contributed by atoms with van der Waals surface area (Å²) < 4.78 is 7.98. The maximum absolute atomic E-state index is 13.8. The van der Waals surface area contributed by atoms with Crippen molar-refractivity contribution in [1.29, 1.82) is 0 Å². The number of halogens is 1. The first-order valence-corrected chi connectivity index (χ1v) is 21.3. The molecule has 1 aromatic heterocycles. The highest BCUT2D eigenvalue weighted by atomic mass is 35.5. The van der Waals surface area contributed by atoms with Gasteiger partial charge in [-0.2, -0.15) is 0 Å². The molecule has 0 radical (unpaired) electrons. The average Bonchev–Trinajstić information content (AvgIpc) is 3.78. The number of carbonyl (C=O) groups excluding carboxylic acids is 3. The smallest absolute Gasteiger partial charge is 0.316 e. The molecular formula is C43H55ClN6O5S. The quantitative estimate of drug-likeness (QED) is 0.120. The number of esters is 1. The standard InChI is InChI=1S/C43H55ClN6O5S/c1-6-41(4)23-36(42(5)28(2)15-17-43(29(3)40(41)54)18-16-34(51)39(42)43)55-38(53)27-56-35-10-8-7-9-33(35)45-37(52)26-50-25-31(46-47-50)24-48-19-21-49(22-20-48)32-13-11-30(44)12-14-32/h6-14,25,28-29,36,39-40,54H,1,15-24,26-27H2,2-5H3,(H,45,52)/t28-,29+,36-,39+,40+,41-,42+,43+/m1/s1. The van der Waals surface area contributed by atoms with Gasteiger partial charge in [0.1, 0.15) is 18.4 Å². The van der Waals surface area contributed by atoms with E-state index in [4.69, 9.17) is 16.3 Å². The molecule has 1 amide bonds. The predicted molar refractivity (Wildman–Crippen MR) is 219 cm³/mol. The van der Waals surface area contributed by atoms with Gasteiger partial charge in [0.25, 0.3) is 0 Å². The van der Waals surface area contributed by atoms with Gasteiger partial charge in [-0.1, -0.05) is 62.7 Å². The van der Waals surface area contributed by atoms with Crippen LogP contribution in [0.3, 0.4) is 0 Å². The molecule has 300 valence electrons. The Labute approximate surface area is 339 Å². The number of hydrogen-bond donors (Lipinski definition) is 2. The van der Waals surface area contributed by atoms with Crippen molar-refractivity contribution >= 4 is 52.4 Å². The van der Waals surface area contributed by atoms with Crippen LogP contribution in [-0.2, 0) is 32.2 Å². The predicted octanol–water partition coefficient (Wildman–Crippen LogP) is 6.89. The van der Waals surface area contributed by atoms with Crippen LogP contribution in [0, 0.1) is 34.0 Å². The van der Waals surface area contributed by atoms with Crippen molar-refractivity contribution in [2.45, 2.75) is 90.0 Å². The van der Waals surface area contributed by atoms with Crippen molar-refractivity contribution in [3.63, 3.8) is 0 Å². The Morgan fingerprint density at radius 1 is 1.09 bits per heavy atom. The summed E-state index contributed by atoms with van der Waals surface area (Å²) in [6, 6.07) is 15.3. The van der Waals surface area contributed by atoms with Gasteiger partial charge in [0, 0.05) is 71.5 Å². The van der Waals surface area contributed by atoms with E-state index in [2.05, 4.69) is 52.8 Å². The number of para-hydroxylation sites is 1. The summed E-state index contributed by atoms with van der Waals surface area (Å²) in [5.41, 5.74) is 0.941. The van der Waals surface area contributed by atoms with Crippen molar-refractivity contribution < 1.29 is 24.2 Å². The van der Waals surface area contributed by atoms with E-state index in [9.17, 15) is 19.5 Å². The first-order valence-electron chi connectivity index (χ1n) is 19.9. The molecule has 4 aliphatic rings. The van der Waals surface area contributed by atoms with E-state index in [1.807, 2.05) is 67.7 Å². The molecule has 2 bridgehead atoms. The second-order valence-corrected chi connectivity index (χ2v) is 18.5. The summed E-state index contributed by atoms with van der Waals surface area (Å²) >= 11 is 7.35. The zero-order valence-corrected chi connectivity index (χ0v) is 34.5. The van der Waals surface area contributed by atoms with E-state index >= 15 is 0 Å². The molecule has 4 fully saturated rings. The molecule has 7 rings (SSSR count). The van der Waals surface area contributed by atoms with Crippen molar-refractivity contribution in [3.8, 4) is 0 Å². The highest BCUT2D eigenvalue weighted by Crippen LogP contribution is 2.68. The summed E-state index contributed by atoms with van der Waals surface area (Å²) in [6.45, 7) is 16.7. The lowest BCUT2D eigenvalue weighted by Crippen LogP contribution is -2.63. The van der Waals surface area contributed by atoms with Gasteiger partial charge in [-0.3, -0.25) is 19.3 Å². The number of piperazine rings is 1. The van der Waals surface area contributed by atoms with Crippen molar-refractivity contribution in [3.05, 3.63) is 78.1 Å². The molecular weight excluding hydrogens is 748 g/mol. The fourth-order valence-electron chi connectivity index (χ4n) is 10.4. The minimum atomic E-state index is -0.719. The molecule has 3 aliphatic carbocycles. The number of carbonyl (C=O) groups is 3. The molecule has 8 atom stereocenters. The molecule has 0 unspecified atom stereocenters. The summed E-state index contributed by atoms with van der Waals surface area (Å²) in [5.74, 6) is -0.632. The lowest BCUT2D eigenvalue weighted by Gasteiger charge is -2.61. The van der Waals surface area contributed by atoms with Crippen molar-refractivity contribution in [1.82, 2.24) is 19.9 Å². The number of anilines is 2. The third-order valence-electron chi connectivity index (χ3n) is 13.9. The number of aliphatic hydroxyl groups excluding tert-OH is 1. The van der Waals surface area contributed by atoms with Crippen LogP contribution in [0.15, 0.2) is 72.3 Å². The van der Waals surface area contributed by atoms with E-state index in [0.29, 0.717) is 25.1 Å². The number of ketones is 1. The van der Waals surface area contributed by atoms with Gasteiger partial charge in [-0.15, -0.1) is 23.4 Å². The Kier molecular flexibility index (Phi) is 11.8. The van der Waals surface area contributed by atoms with E-state index in [-0.39, 0.29) is 47.2 Å². The van der Waals surface area contributed by atoms with Crippen molar-refractivity contribution in [2.75, 3.05) is 42.1 Å². The zero-order chi connectivity index (χ0) is 39.8. The number of nitrogens with one attached hydrogen (secondary N) is 1. The van der Waals surface area contributed by atoms with Gasteiger partial charge >= 0.3 is 5.97 Å². The van der Waals surface area contributed by atoms with E-state index in [0.717, 1.165) is 66.7 Å². The highest BCUT2D eigenvalue weighted by molar-refractivity contribution is 8.00. The lowest BCUT2D eigenvalue weighted by atomic mass is 9.44. The number of ether oxygens (including phenoxy) is 1. The molecule has 2 aromatic carbocycles. The summed E-state index contributed by atoms with van der Waals surface area (Å²) in [4.78, 5) is 46.2. The molecule has 56 heavy (non-hydrogen) atoms. The van der Waals surface area contributed by atoms with Crippen LogP contribution in [0.1, 0.15) is 65.5 Å². The number of nitrogens with zero attached hydrogens (tertiary/aromatic N) is 5. The number of aromatic nitrogens is 3. The van der Waals surface area contributed by atoms with Gasteiger partial charge in [0.05, 0.1) is 29.4 Å². The maximum Gasteiger partial charge on any atom is 0.316 e. The summed E-state index contributed by atoms with van der Waals surface area (Å²) in [7, 11) is 0. The number of benzene rings is 2. The number of rotatable bonds is 11. The van der Waals surface area contributed by atoms with E-state index in [1.165, 1.54) is 11.8 Å². The maximum atomic E-state index is 13.8. The van der Waals surface area contributed by atoms with E-state index in [1.54, 1.807) is 4.68 Å². The normalized spacial score (nSPS) is 31.9. The second kappa shape index (κ2) is 16.3. The van der Waals surface area contributed by atoms with Crippen LogP contribution in [0.2, 0.25) is 5.02 Å². The molecule has 0 spiro atoms. The van der Waals surface area contributed by atoms with Crippen molar-refractivity contribution in [2.24, 2.45) is 34.0 Å². The largest absolute Gasteiger partial charge is 0.461 e. The Hall–Kier alpha value is -3.71. The fourth-order valence-corrected chi connectivity index (χ4v) is 11.3. The minimum absolute atomic E-state index is 0.00917. The molecule has 1 saturated heterocycles. The Bertz CT molecular complexity index is 1930. The molecule has 11 nitrogen and oxygen atoms in total. The molecule has 3 aromatic rings. The monoisotopic (exact) mass is 802 g/mol. The highest BCUT2D eigenvalue weighted by Gasteiger charge is 2.68.